The predicted molar refractivity (Wildman–Crippen MR) is 114 cm³/mol. The Morgan fingerprint density at radius 3 is 2.69 bits per heavy atom. The highest BCUT2D eigenvalue weighted by atomic mass is 32.1. The van der Waals surface area contributed by atoms with Crippen molar-refractivity contribution >= 4 is 23.2 Å². The maximum absolute atomic E-state index is 13.5. The van der Waals surface area contributed by atoms with Crippen molar-refractivity contribution in [2.24, 2.45) is 5.92 Å². The molecule has 0 saturated heterocycles. The van der Waals surface area contributed by atoms with Crippen molar-refractivity contribution in [1.29, 1.82) is 0 Å². The molecule has 2 aromatic rings. The number of rotatable bonds is 7. The Hall–Kier alpha value is -2.47. The highest BCUT2D eigenvalue weighted by Crippen LogP contribution is 2.37. The molecule has 154 valence electrons. The number of hydrogen-bond acceptors (Lipinski definition) is 3. The molecule has 6 heteroatoms. The lowest BCUT2D eigenvalue weighted by molar-refractivity contribution is -0.141. The minimum Gasteiger partial charge on any atom is -0.330 e. The quantitative estimate of drug-likeness (QED) is 0.629. The standard InChI is InChI=1S/C23H27FN2O2S/c1-4-11-25(21(27)14-16(2)3)15-22(28)26-12-9-20-19(10-13-29-20)23(26)17-5-7-18(24)8-6-17/h4-8,10,13,16,23H,1,9,11-12,14-15H2,2-3H3/t23-/m1/s1. The lowest BCUT2D eigenvalue weighted by Gasteiger charge is -2.37. The Morgan fingerprint density at radius 1 is 1.31 bits per heavy atom. The Balaban J connectivity index is 1.86. The first-order chi connectivity index (χ1) is 13.9. The number of benzene rings is 1. The van der Waals surface area contributed by atoms with E-state index in [1.807, 2.05) is 30.2 Å². The molecular weight excluding hydrogens is 387 g/mol. The van der Waals surface area contributed by atoms with E-state index in [1.165, 1.54) is 17.0 Å². The first-order valence-corrected chi connectivity index (χ1v) is 10.8. The van der Waals surface area contributed by atoms with Crippen molar-refractivity contribution in [3.63, 3.8) is 0 Å². The van der Waals surface area contributed by atoms with Crippen LogP contribution in [0.4, 0.5) is 4.39 Å². The average Bonchev–Trinajstić information content (AvgIpc) is 3.16. The zero-order chi connectivity index (χ0) is 21.0. The molecule has 0 unspecified atom stereocenters. The second-order valence-corrected chi connectivity index (χ2v) is 8.75. The van der Waals surface area contributed by atoms with Gasteiger partial charge in [-0.1, -0.05) is 32.1 Å². The van der Waals surface area contributed by atoms with Gasteiger partial charge in [0.25, 0.3) is 0 Å². The van der Waals surface area contributed by atoms with E-state index in [0.717, 1.165) is 17.5 Å². The van der Waals surface area contributed by atoms with Crippen LogP contribution in [0, 0.1) is 11.7 Å². The van der Waals surface area contributed by atoms with E-state index in [-0.39, 0.29) is 36.1 Å². The van der Waals surface area contributed by atoms with Crippen LogP contribution in [0.2, 0.25) is 0 Å². The van der Waals surface area contributed by atoms with Gasteiger partial charge in [-0.05, 0) is 47.0 Å². The summed E-state index contributed by atoms with van der Waals surface area (Å²) in [6.07, 6.45) is 2.84. The number of nitrogens with zero attached hydrogens (tertiary/aromatic N) is 2. The van der Waals surface area contributed by atoms with Crippen LogP contribution in [0.25, 0.3) is 0 Å². The maximum atomic E-state index is 13.5. The maximum Gasteiger partial charge on any atom is 0.243 e. The van der Waals surface area contributed by atoms with Crippen molar-refractivity contribution < 1.29 is 14.0 Å². The van der Waals surface area contributed by atoms with Gasteiger partial charge in [0.1, 0.15) is 12.4 Å². The third kappa shape index (κ3) is 4.93. The van der Waals surface area contributed by atoms with E-state index in [0.29, 0.717) is 19.5 Å². The minimum atomic E-state index is -0.301. The molecular formula is C23H27FN2O2S. The Labute approximate surface area is 175 Å². The molecule has 2 heterocycles. The molecule has 4 nitrogen and oxygen atoms in total. The third-order valence-electron chi connectivity index (χ3n) is 5.08. The van der Waals surface area contributed by atoms with Crippen LogP contribution in [-0.4, -0.2) is 41.2 Å². The average molecular weight is 415 g/mol. The molecule has 0 aliphatic carbocycles. The van der Waals surface area contributed by atoms with E-state index in [4.69, 9.17) is 0 Å². The topological polar surface area (TPSA) is 40.6 Å². The summed E-state index contributed by atoms with van der Waals surface area (Å²) in [5.74, 6) is -0.223. The highest BCUT2D eigenvalue weighted by molar-refractivity contribution is 7.10. The van der Waals surface area contributed by atoms with Gasteiger partial charge in [-0.15, -0.1) is 17.9 Å². The van der Waals surface area contributed by atoms with Crippen LogP contribution in [0.1, 0.15) is 42.3 Å². The first kappa shape index (κ1) is 21.2. The van der Waals surface area contributed by atoms with Gasteiger partial charge in [0.2, 0.25) is 11.8 Å². The van der Waals surface area contributed by atoms with E-state index in [2.05, 4.69) is 6.58 Å². The molecule has 1 aromatic heterocycles. The smallest absolute Gasteiger partial charge is 0.243 e. The number of carbonyl (C=O) groups is 2. The Kier molecular flexibility index (Phi) is 6.85. The largest absolute Gasteiger partial charge is 0.330 e. The molecule has 0 radical (unpaired) electrons. The van der Waals surface area contributed by atoms with Gasteiger partial charge in [0, 0.05) is 24.4 Å². The molecule has 0 saturated carbocycles. The second-order valence-electron chi connectivity index (χ2n) is 7.75. The zero-order valence-corrected chi connectivity index (χ0v) is 17.8. The van der Waals surface area contributed by atoms with Gasteiger partial charge in [-0.2, -0.15) is 0 Å². The van der Waals surface area contributed by atoms with Crippen LogP contribution in [0.3, 0.4) is 0 Å². The van der Waals surface area contributed by atoms with Crippen molar-refractivity contribution in [1.82, 2.24) is 9.80 Å². The molecule has 0 N–H and O–H groups in total. The van der Waals surface area contributed by atoms with E-state index >= 15 is 0 Å². The number of hydrogen-bond donors (Lipinski definition) is 0. The summed E-state index contributed by atoms with van der Waals surface area (Å²) in [6.45, 7) is 8.64. The normalized spacial score (nSPS) is 15.9. The van der Waals surface area contributed by atoms with Crippen LogP contribution < -0.4 is 0 Å². The summed E-state index contributed by atoms with van der Waals surface area (Å²) in [5, 5.41) is 2.03. The summed E-state index contributed by atoms with van der Waals surface area (Å²) >= 11 is 1.68. The van der Waals surface area contributed by atoms with Gasteiger partial charge in [-0.25, -0.2) is 4.39 Å². The van der Waals surface area contributed by atoms with Gasteiger partial charge in [0.15, 0.2) is 0 Å². The molecule has 0 bridgehead atoms. The summed E-state index contributed by atoms with van der Waals surface area (Å²) in [6, 6.07) is 8.10. The molecule has 1 aromatic carbocycles. The zero-order valence-electron chi connectivity index (χ0n) is 16.9. The Bertz CT molecular complexity index is 875. The molecule has 1 aliphatic rings. The first-order valence-electron chi connectivity index (χ1n) is 9.90. The number of thiophene rings is 1. The molecule has 1 atom stereocenters. The van der Waals surface area contributed by atoms with Crippen LogP contribution in [-0.2, 0) is 16.0 Å². The van der Waals surface area contributed by atoms with Crippen LogP contribution >= 0.6 is 11.3 Å². The summed E-state index contributed by atoms with van der Waals surface area (Å²) < 4.78 is 13.5. The monoisotopic (exact) mass is 414 g/mol. The second kappa shape index (κ2) is 9.35. The van der Waals surface area contributed by atoms with Crippen molar-refractivity contribution in [2.45, 2.75) is 32.7 Å². The number of halogens is 1. The minimum absolute atomic E-state index is 0.0226. The fourth-order valence-corrected chi connectivity index (χ4v) is 4.64. The van der Waals surface area contributed by atoms with Crippen molar-refractivity contribution in [3.8, 4) is 0 Å². The van der Waals surface area contributed by atoms with Crippen LogP contribution in [0.5, 0.6) is 0 Å². The fourth-order valence-electron chi connectivity index (χ4n) is 3.73. The van der Waals surface area contributed by atoms with Crippen molar-refractivity contribution in [3.05, 3.63) is 70.2 Å². The predicted octanol–water partition coefficient (Wildman–Crippen LogP) is 4.42. The van der Waals surface area contributed by atoms with Gasteiger partial charge in [-0.3, -0.25) is 9.59 Å². The van der Waals surface area contributed by atoms with E-state index in [9.17, 15) is 14.0 Å². The van der Waals surface area contributed by atoms with Crippen LogP contribution in [0.15, 0.2) is 48.4 Å². The highest BCUT2D eigenvalue weighted by Gasteiger charge is 2.33. The molecule has 29 heavy (non-hydrogen) atoms. The van der Waals surface area contributed by atoms with E-state index < -0.39 is 0 Å². The number of carbonyl (C=O) groups excluding carboxylic acids is 2. The van der Waals surface area contributed by atoms with Gasteiger partial charge in [0.05, 0.1) is 6.04 Å². The molecule has 3 rings (SSSR count). The Morgan fingerprint density at radius 2 is 2.03 bits per heavy atom. The summed E-state index contributed by atoms with van der Waals surface area (Å²) in [4.78, 5) is 30.5. The number of amides is 2. The van der Waals surface area contributed by atoms with Crippen molar-refractivity contribution in [2.75, 3.05) is 19.6 Å². The molecule has 1 aliphatic heterocycles. The molecule has 0 fully saturated rings. The summed E-state index contributed by atoms with van der Waals surface area (Å²) in [5.41, 5.74) is 1.97. The van der Waals surface area contributed by atoms with Gasteiger partial charge < -0.3 is 9.80 Å². The molecule has 0 spiro atoms. The van der Waals surface area contributed by atoms with Gasteiger partial charge >= 0.3 is 0 Å². The lowest BCUT2D eigenvalue weighted by atomic mass is 9.93. The fraction of sp³-hybridized carbons (Fsp3) is 0.391. The molecule has 2 amide bonds. The SMILES string of the molecule is C=CCN(CC(=O)N1CCc2sccc2[C@H]1c1ccc(F)cc1)C(=O)CC(C)C. The number of fused-ring (bicyclic) bond motifs is 1. The van der Waals surface area contributed by atoms with E-state index in [1.54, 1.807) is 34.4 Å². The third-order valence-corrected chi connectivity index (χ3v) is 6.08. The lowest BCUT2D eigenvalue weighted by Crippen LogP contribution is -2.47. The summed E-state index contributed by atoms with van der Waals surface area (Å²) in [7, 11) is 0.